The van der Waals surface area contributed by atoms with Gasteiger partial charge >= 0.3 is 0 Å². The van der Waals surface area contributed by atoms with E-state index >= 15 is 0 Å². The van der Waals surface area contributed by atoms with Crippen molar-refractivity contribution in [1.82, 2.24) is 0 Å². The molecule has 124 heavy (non-hydrogen) atoms. The Morgan fingerprint density at radius 2 is 0.573 bits per heavy atom. The van der Waals surface area contributed by atoms with Crippen LogP contribution in [0.3, 0.4) is 0 Å². The molecule has 0 fully saturated rings. The molecule has 0 aromatic heterocycles. The molecule has 1 aromatic rings. The Balaban J connectivity index is -0.000000148. The van der Waals surface area contributed by atoms with Crippen molar-refractivity contribution in [3.05, 3.63) is 46.5 Å². The molecular weight excluding hydrogens is 1510 g/mol. The van der Waals surface area contributed by atoms with E-state index in [1.807, 2.05) is 27.7 Å². The molecule has 0 aliphatic rings. The highest BCUT2D eigenvalue weighted by Crippen LogP contribution is 2.43. The molecule has 0 radical (unpaired) electrons. The third-order valence-corrected chi connectivity index (χ3v) is 25.0. The van der Waals surface area contributed by atoms with Gasteiger partial charge in [-0.05, 0) is 300 Å². The number of rotatable bonds is 46. The Morgan fingerprint density at radius 3 is 0.758 bits per heavy atom. The highest BCUT2D eigenvalue weighted by Gasteiger charge is 2.37. The van der Waals surface area contributed by atoms with Gasteiger partial charge in [-0.1, -0.05) is 432 Å². The zero-order valence-electron chi connectivity index (χ0n) is 94.9. The topological polar surface area (TPSA) is 101 Å². The van der Waals surface area contributed by atoms with Gasteiger partial charge in [0.05, 0.1) is 24.4 Å². The molecular formula is C119H250O5. The van der Waals surface area contributed by atoms with Crippen molar-refractivity contribution in [3.8, 4) is 0 Å². The van der Waals surface area contributed by atoms with E-state index in [9.17, 15) is 25.5 Å². The highest BCUT2D eigenvalue weighted by molar-refractivity contribution is 5.35. The number of hydrogen-bond acceptors (Lipinski definition) is 5. The van der Waals surface area contributed by atoms with E-state index in [0.717, 1.165) is 114 Å². The van der Waals surface area contributed by atoms with Crippen molar-refractivity contribution in [1.29, 1.82) is 0 Å². The summed E-state index contributed by atoms with van der Waals surface area (Å²) in [6.07, 6.45) is 17.1. The molecule has 0 heterocycles. The van der Waals surface area contributed by atoms with Crippen molar-refractivity contribution in [3.63, 3.8) is 0 Å². The maximum absolute atomic E-state index is 10.3. The van der Waals surface area contributed by atoms with Gasteiger partial charge in [-0.2, -0.15) is 0 Å². The zero-order valence-corrected chi connectivity index (χ0v) is 94.9. The van der Waals surface area contributed by atoms with E-state index in [1.54, 1.807) is 5.57 Å². The molecule has 1 rings (SSSR count). The molecule has 6 atom stereocenters. The van der Waals surface area contributed by atoms with Gasteiger partial charge in [0.15, 0.2) is 0 Å². The van der Waals surface area contributed by atoms with Gasteiger partial charge < -0.3 is 25.5 Å². The van der Waals surface area contributed by atoms with Crippen LogP contribution in [-0.2, 0) is 0 Å². The van der Waals surface area contributed by atoms with Crippen LogP contribution >= 0.6 is 0 Å². The molecule has 0 aliphatic heterocycles. The van der Waals surface area contributed by atoms with Crippen LogP contribution in [0, 0.1) is 182 Å². The summed E-state index contributed by atoms with van der Waals surface area (Å²) >= 11 is 0. The fraction of sp³-hybridized carbons (Fsp3) is 0.933. The molecule has 0 spiro atoms. The summed E-state index contributed by atoms with van der Waals surface area (Å²) in [6.45, 7) is 127. The number of benzene rings is 1. The third-order valence-electron chi connectivity index (χ3n) is 25.0. The average Bonchev–Trinajstić information content (AvgIpc) is 0.846. The van der Waals surface area contributed by atoms with Crippen molar-refractivity contribution < 1.29 is 25.5 Å². The first-order valence-corrected chi connectivity index (χ1v) is 52.3. The predicted molar refractivity (Wildman–Crippen MR) is 575 cm³/mol. The molecule has 0 saturated carbocycles. The van der Waals surface area contributed by atoms with Crippen molar-refractivity contribution >= 4 is 0 Å². The summed E-state index contributed by atoms with van der Waals surface area (Å²) < 4.78 is 0. The third kappa shape index (κ3) is 78.3. The lowest BCUT2D eigenvalue weighted by molar-refractivity contribution is -0.0829. The second-order valence-corrected chi connectivity index (χ2v) is 50.6. The van der Waals surface area contributed by atoms with Gasteiger partial charge in [-0.3, -0.25) is 0 Å². The van der Waals surface area contributed by atoms with Crippen LogP contribution < -0.4 is 0 Å². The minimum absolute atomic E-state index is 0. The summed E-state index contributed by atoms with van der Waals surface area (Å²) in [6, 6.07) is 7.09. The molecule has 5 nitrogen and oxygen atoms in total. The van der Waals surface area contributed by atoms with Gasteiger partial charge in [0.1, 0.15) is 0 Å². The van der Waals surface area contributed by atoms with E-state index in [1.165, 1.54) is 74.5 Å². The Kier molecular flexibility index (Phi) is 87.8. The largest absolute Gasteiger partial charge is 0.396 e. The van der Waals surface area contributed by atoms with E-state index in [2.05, 4.69) is 384 Å². The summed E-state index contributed by atoms with van der Waals surface area (Å²) in [4.78, 5) is 0. The second-order valence-electron chi connectivity index (χ2n) is 50.6. The molecule has 0 aliphatic carbocycles. The van der Waals surface area contributed by atoms with Crippen molar-refractivity contribution in [2.24, 2.45) is 182 Å². The first-order valence-electron chi connectivity index (χ1n) is 52.3. The SMILES string of the molecule is C.C.CC(C)/C=C(/CC(C)C)C(C)C.CC(C)CC(C(C)C)C(C)C.CC(C)CC(C(C)C)C(O)C(C)C.CC(C)CC(C)(CC(C)C)C(C)C.CC(C)CC(C)(CC(C)C)CC(C)C.CC(C)CC(CC(C)C)C(C)C.CC(C)CC(CO)(CC(C)C)C(C)C.CC(C)CC(O)C(O)C(C(C)C)C(O)CC(C)C.CC(C)c1cc(C(C)C)cc(C(C)C)c1. The number of aliphatic hydroxyl groups is 5. The smallest absolute Gasteiger partial charge is 0.0854 e. The average molecular weight is 1760 g/mol. The quantitative estimate of drug-likeness (QED) is 0.0419. The normalized spacial score (nSPS) is 14.1. The lowest BCUT2D eigenvalue weighted by Gasteiger charge is -2.39. The summed E-state index contributed by atoms with van der Waals surface area (Å²) in [5.41, 5.74) is 7.31. The van der Waals surface area contributed by atoms with Crippen LogP contribution in [-0.4, -0.2) is 56.6 Å². The van der Waals surface area contributed by atoms with Gasteiger partial charge in [-0.15, -0.1) is 0 Å². The number of hydrogen-bond donors (Lipinski definition) is 5. The number of aliphatic hydroxyl groups excluding tert-OH is 5. The standard InChI is InChI=1S/C15H32O3.C15H24.C14H30.C13H28O.C13H28.C12H26O.C12H26.C12H24.C11H24.2CH4/c1-9(2)7-12(16)14(11(5)6)15(18)13(17)8-10(3)4;1-10(2)13-7-14(11(3)4)9-15(8-13)12(5)6;1-11(2)8-14(7,9-12(3)4)10-13(5)6;1-10(2)7-13(9-14,12(5)6)8-11(3)4;1-10(2)8-13(7,12(5)6)9-11(3)4;1-8(2)7-11(9(3)4)12(13)10(5)6;2*1-9(2)7-12(11(5)6)8-10(3)4;1-8(2)7-11(9(3)4)10(5)6;;/h9-18H,7-8H2,1-6H3;7-12H,1-6H3;11-13H,8-10H2,1-7H3;10-12,14H,7-9H2,1-6H3;10-12H,8-9H2,1-7H3;8-13H,7H2,1-6H3;9-12H,7-8H2,1-6H3;7,9-11H,8H2,1-6H3;8-11H,7H2,1-6H3;2*1H4/b;;;;;;;12-7-;;;. The van der Waals surface area contributed by atoms with Crippen LogP contribution in [0.15, 0.2) is 29.8 Å². The van der Waals surface area contributed by atoms with Gasteiger partial charge in [-0.25, -0.2) is 0 Å². The van der Waals surface area contributed by atoms with Crippen molar-refractivity contribution in [2.75, 3.05) is 6.61 Å². The van der Waals surface area contributed by atoms with Gasteiger partial charge in [0.25, 0.3) is 0 Å². The monoisotopic (exact) mass is 1760 g/mol. The molecule has 5 heteroatoms. The first-order chi connectivity index (χ1) is 55.1. The summed E-state index contributed by atoms with van der Waals surface area (Å²) in [7, 11) is 0. The highest BCUT2D eigenvalue weighted by atomic mass is 16.3. The van der Waals surface area contributed by atoms with Crippen LogP contribution in [0.25, 0.3) is 0 Å². The Bertz CT molecular complexity index is 2350. The number of allylic oxidation sites excluding steroid dienone is 2. The summed E-state index contributed by atoms with van der Waals surface area (Å²) in [5, 5.41) is 50.2. The lowest BCUT2D eigenvalue weighted by atomic mass is 9.68. The minimum atomic E-state index is -0.846. The van der Waals surface area contributed by atoms with E-state index in [0.29, 0.717) is 107 Å². The predicted octanol–water partition coefficient (Wildman–Crippen LogP) is 38.3. The molecule has 756 valence electrons. The Labute approximate surface area is 790 Å². The maximum Gasteiger partial charge on any atom is 0.0854 e. The molecule has 0 saturated heterocycles. The second kappa shape index (κ2) is 76.1. The Hall–Kier alpha value is -1.24. The maximum atomic E-state index is 10.3. The Morgan fingerprint density at radius 1 is 0.290 bits per heavy atom. The van der Waals surface area contributed by atoms with E-state index in [-0.39, 0.29) is 38.2 Å². The molecule has 5 N–H and O–H groups in total. The van der Waals surface area contributed by atoms with E-state index < -0.39 is 18.3 Å². The minimum Gasteiger partial charge on any atom is -0.396 e. The fourth-order valence-corrected chi connectivity index (χ4v) is 19.4. The first kappa shape index (κ1) is 143. The lowest BCUT2D eigenvalue weighted by Crippen LogP contribution is -2.43. The van der Waals surface area contributed by atoms with Crippen LogP contribution in [0.2, 0.25) is 0 Å². The molecule has 0 bridgehead atoms. The van der Waals surface area contributed by atoms with Crippen LogP contribution in [0.4, 0.5) is 0 Å². The van der Waals surface area contributed by atoms with Crippen molar-refractivity contribution in [2.45, 2.75) is 535 Å². The fourth-order valence-electron chi connectivity index (χ4n) is 19.4. The van der Waals surface area contributed by atoms with Gasteiger partial charge in [0.2, 0.25) is 0 Å². The van der Waals surface area contributed by atoms with Crippen LogP contribution in [0.1, 0.15) is 527 Å². The zero-order chi connectivity index (χ0) is 98.5. The van der Waals surface area contributed by atoms with Crippen LogP contribution in [0.5, 0.6) is 0 Å². The molecule has 1 aromatic carbocycles. The summed E-state index contributed by atoms with van der Waals surface area (Å²) in [5.74, 6) is 20.6. The molecule has 6 unspecified atom stereocenters. The van der Waals surface area contributed by atoms with Gasteiger partial charge in [0, 0.05) is 12.5 Å². The van der Waals surface area contributed by atoms with E-state index in [4.69, 9.17) is 0 Å². The molecule has 0 amide bonds.